The Morgan fingerprint density at radius 2 is 1.83 bits per heavy atom. The van der Waals surface area contributed by atoms with Crippen molar-refractivity contribution in [2.75, 3.05) is 5.32 Å². The van der Waals surface area contributed by atoms with Crippen molar-refractivity contribution >= 4 is 55.8 Å². The number of halogens is 1. The highest BCUT2D eigenvalue weighted by atomic mass is 79.9. The molecule has 0 aliphatic rings. The molecular formula is C17H13BrN4OS. The summed E-state index contributed by atoms with van der Waals surface area (Å²) in [6.07, 6.45) is 0. The minimum Gasteiger partial charge on any atom is -0.331 e. The van der Waals surface area contributed by atoms with Crippen molar-refractivity contribution in [1.82, 2.24) is 15.8 Å². The number of anilines is 1. The zero-order valence-corrected chi connectivity index (χ0v) is 14.8. The van der Waals surface area contributed by atoms with Crippen molar-refractivity contribution in [1.29, 1.82) is 0 Å². The third-order valence-corrected chi connectivity index (χ3v) is 3.90. The summed E-state index contributed by atoms with van der Waals surface area (Å²) in [7, 11) is 0. The number of rotatable bonds is 2. The van der Waals surface area contributed by atoms with Crippen LogP contribution < -0.4 is 16.2 Å². The van der Waals surface area contributed by atoms with E-state index in [0.717, 1.165) is 21.1 Å². The molecular weight excluding hydrogens is 388 g/mol. The molecule has 0 saturated carbocycles. The average Bonchev–Trinajstić information content (AvgIpc) is 2.59. The lowest BCUT2D eigenvalue weighted by Crippen LogP contribution is -2.44. The number of pyridine rings is 1. The minimum absolute atomic E-state index is 0.280. The van der Waals surface area contributed by atoms with E-state index in [-0.39, 0.29) is 11.0 Å². The van der Waals surface area contributed by atoms with Gasteiger partial charge in [0.05, 0.1) is 5.52 Å². The van der Waals surface area contributed by atoms with E-state index in [1.165, 1.54) is 0 Å². The Balaban J connectivity index is 1.60. The topological polar surface area (TPSA) is 66.1 Å². The van der Waals surface area contributed by atoms with Crippen molar-refractivity contribution < 1.29 is 4.79 Å². The molecule has 0 saturated heterocycles. The molecule has 0 aliphatic heterocycles. The molecule has 24 heavy (non-hydrogen) atoms. The molecule has 7 heteroatoms. The predicted molar refractivity (Wildman–Crippen MR) is 103 cm³/mol. The molecule has 1 amide bonds. The van der Waals surface area contributed by atoms with Crippen LogP contribution in [0.2, 0.25) is 0 Å². The lowest BCUT2D eigenvalue weighted by Gasteiger charge is -2.11. The molecule has 3 aromatic rings. The van der Waals surface area contributed by atoms with Crippen LogP contribution in [0.25, 0.3) is 10.9 Å². The summed E-state index contributed by atoms with van der Waals surface area (Å²) in [5.74, 6) is -0.362. The molecule has 1 heterocycles. The maximum absolute atomic E-state index is 12.2. The summed E-state index contributed by atoms with van der Waals surface area (Å²) in [4.78, 5) is 16.5. The Bertz CT molecular complexity index is 916. The lowest BCUT2D eigenvalue weighted by molar-refractivity contribution is 0.0939. The van der Waals surface area contributed by atoms with E-state index in [1.807, 2.05) is 54.6 Å². The number of fused-ring (bicyclic) bond motifs is 1. The first kappa shape index (κ1) is 16.4. The number of hydrogen-bond acceptors (Lipinski definition) is 3. The van der Waals surface area contributed by atoms with Crippen LogP contribution in [-0.4, -0.2) is 16.0 Å². The van der Waals surface area contributed by atoms with E-state index in [0.29, 0.717) is 5.69 Å². The standard InChI is InChI=1S/C17H13BrN4OS/c18-12-5-3-6-13(10-12)19-17(24)22-21-16(23)15-9-8-11-4-1-2-7-14(11)20-15/h1-10H,(H,21,23)(H2,19,22,24). The Hall–Kier alpha value is -2.51. The number of carbonyl (C=O) groups excluding carboxylic acids is 1. The van der Waals surface area contributed by atoms with E-state index in [4.69, 9.17) is 12.2 Å². The van der Waals surface area contributed by atoms with Gasteiger partial charge in [0, 0.05) is 15.5 Å². The average molecular weight is 401 g/mol. The van der Waals surface area contributed by atoms with Gasteiger partial charge in [0.25, 0.3) is 5.91 Å². The van der Waals surface area contributed by atoms with Gasteiger partial charge in [-0.2, -0.15) is 0 Å². The van der Waals surface area contributed by atoms with E-state index >= 15 is 0 Å². The molecule has 0 unspecified atom stereocenters. The van der Waals surface area contributed by atoms with Gasteiger partial charge in [-0.25, -0.2) is 4.98 Å². The number of para-hydroxylation sites is 1. The van der Waals surface area contributed by atoms with Gasteiger partial charge >= 0.3 is 0 Å². The minimum atomic E-state index is -0.362. The van der Waals surface area contributed by atoms with Crippen LogP contribution in [0, 0.1) is 0 Å². The highest BCUT2D eigenvalue weighted by Gasteiger charge is 2.08. The second-order valence-corrected chi connectivity index (χ2v) is 6.26. The summed E-state index contributed by atoms with van der Waals surface area (Å²) < 4.78 is 0.930. The van der Waals surface area contributed by atoms with Crippen molar-refractivity contribution in [3.8, 4) is 0 Å². The third kappa shape index (κ3) is 4.06. The van der Waals surface area contributed by atoms with Gasteiger partial charge < -0.3 is 5.32 Å². The fraction of sp³-hybridized carbons (Fsp3) is 0. The molecule has 0 spiro atoms. The van der Waals surface area contributed by atoms with Crippen LogP contribution in [0.15, 0.2) is 65.1 Å². The number of nitrogens with zero attached hydrogens (tertiary/aromatic N) is 1. The number of aromatic nitrogens is 1. The fourth-order valence-electron chi connectivity index (χ4n) is 2.10. The van der Waals surface area contributed by atoms with Crippen molar-refractivity contribution in [3.05, 3.63) is 70.8 Å². The van der Waals surface area contributed by atoms with Crippen LogP contribution in [-0.2, 0) is 0 Å². The maximum atomic E-state index is 12.2. The fourth-order valence-corrected chi connectivity index (χ4v) is 2.67. The number of nitrogens with one attached hydrogen (secondary N) is 3. The van der Waals surface area contributed by atoms with Crippen LogP contribution in [0.5, 0.6) is 0 Å². The molecule has 0 radical (unpaired) electrons. The molecule has 120 valence electrons. The van der Waals surface area contributed by atoms with Gasteiger partial charge in [0.2, 0.25) is 0 Å². The van der Waals surface area contributed by atoms with Crippen LogP contribution in [0.3, 0.4) is 0 Å². The second-order valence-electron chi connectivity index (χ2n) is 4.93. The smallest absolute Gasteiger partial charge is 0.288 e. The van der Waals surface area contributed by atoms with Crippen molar-refractivity contribution in [2.45, 2.75) is 0 Å². The molecule has 0 atom stereocenters. The highest BCUT2D eigenvalue weighted by molar-refractivity contribution is 9.10. The Kier molecular flexibility index (Phi) is 5.02. The largest absolute Gasteiger partial charge is 0.331 e. The summed E-state index contributed by atoms with van der Waals surface area (Å²) in [6.45, 7) is 0. The van der Waals surface area contributed by atoms with E-state index in [9.17, 15) is 4.79 Å². The number of carbonyl (C=O) groups is 1. The van der Waals surface area contributed by atoms with Gasteiger partial charge in [0.1, 0.15) is 5.69 Å². The van der Waals surface area contributed by atoms with Crippen LogP contribution in [0.4, 0.5) is 5.69 Å². The number of benzene rings is 2. The Morgan fingerprint density at radius 3 is 2.67 bits per heavy atom. The molecule has 0 bridgehead atoms. The summed E-state index contributed by atoms with van der Waals surface area (Å²) in [6, 6.07) is 18.7. The van der Waals surface area contributed by atoms with E-state index < -0.39 is 0 Å². The quantitative estimate of drug-likeness (QED) is 0.452. The summed E-state index contributed by atoms with van der Waals surface area (Å²) in [5, 5.41) is 4.23. The van der Waals surface area contributed by atoms with Gasteiger partial charge in [-0.3, -0.25) is 15.6 Å². The van der Waals surface area contributed by atoms with Gasteiger partial charge in [-0.05, 0) is 42.5 Å². The Labute approximate surface area is 152 Å². The molecule has 0 aliphatic carbocycles. The highest BCUT2D eigenvalue weighted by Crippen LogP contribution is 2.15. The van der Waals surface area contributed by atoms with E-state index in [1.54, 1.807) is 6.07 Å². The molecule has 2 aromatic carbocycles. The monoisotopic (exact) mass is 400 g/mol. The number of amides is 1. The molecule has 3 N–H and O–H groups in total. The normalized spacial score (nSPS) is 10.2. The second kappa shape index (κ2) is 7.37. The number of hydrogen-bond donors (Lipinski definition) is 3. The number of hydrazine groups is 1. The maximum Gasteiger partial charge on any atom is 0.288 e. The van der Waals surface area contributed by atoms with Crippen LogP contribution in [0.1, 0.15) is 10.5 Å². The molecule has 1 aromatic heterocycles. The third-order valence-electron chi connectivity index (χ3n) is 3.20. The van der Waals surface area contributed by atoms with Crippen molar-refractivity contribution in [3.63, 3.8) is 0 Å². The molecule has 0 fully saturated rings. The van der Waals surface area contributed by atoms with E-state index in [2.05, 4.69) is 37.1 Å². The first-order valence-corrected chi connectivity index (χ1v) is 8.31. The van der Waals surface area contributed by atoms with Gasteiger partial charge in [-0.15, -0.1) is 0 Å². The predicted octanol–water partition coefficient (Wildman–Crippen LogP) is 3.63. The van der Waals surface area contributed by atoms with Gasteiger partial charge in [-0.1, -0.05) is 46.3 Å². The summed E-state index contributed by atoms with van der Waals surface area (Å²) >= 11 is 8.53. The first-order chi connectivity index (χ1) is 11.6. The SMILES string of the molecule is O=C(NNC(=S)Nc1cccc(Br)c1)c1ccc2ccccc2n1. The zero-order valence-electron chi connectivity index (χ0n) is 12.4. The van der Waals surface area contributed by atoms with Crippen LogP contribution >= 0.6 is 28.1 Å². The lowest BCUT2D eigenvalue weighted by atomic mass is 10.2. The zero-order chi connectivity index (χ0) is 16.9. The Morgan fingerprint density at radius 1 is 1.00 bits per heavy atom. The summed E-state index contributed by atoms with van der Waals surface area (Å²) in [5.41, 5.74) is 7.07. The molecule has 3 rings (SSSR count). The number of thiocarbonyl (C=S) groups is 1. The van der Waals surface area contributed by atoms with Gasteiger partial charge in [0.15, 0.2) is 5.11 Å². The van der Waals surface area contributed by atoms with Crippen molar-refractivity contribution in [2.24, 2.45) is 0 Å². The molecule has 5 nitrogen and oxygen atoms in total. The first-order valence-electron chi connectivity index (χ1n) is 7.10.